The molecule has 0 N–H and O–H groups in total. The zero-order chi connectivity index (χ0) is 34.1. The van der Waals surface area contributed by atoms with Crippen LogP contribution in [0.4, 0.5) is 0 Å². The number of hydrogen-bond donors (Lipinski definition) is 0. The molecule has 4 bridgehead atoms. The van der Waals surface area contributed by atoms with Crippen LogP contribution in [0.3, 0.4) is 0 Å². The minimum absolute atomic E-state index is 1.04. The Balaban J connectivity index is 1.05. The quantitative estimate of drug-likeness (QED) is 0.101. The molecule has 1 aliphatic heterocycles. The minimum Gasteiger partial charge on any atom is -0.152 e. The number of aryl methyl sites for hydroxylation is 2. The van der Waals surface area contributed by atoms with E-state index in [1.54, 1.807) is 0 Å². The Morgan fingerprint density at radius 3 is 1.24 bits per heavy atom. The molecule has 5 heterocycles. The van der Waals surface area contributed by atoms with Crippen molar-refractivity contribution >= 4 is 68.9 Å². The van der Waals surface area contributed by atoms with Gasteiger partial charge in [-0.1, -0.05) is 64.5 Å². The van der Waals surface area contributed by atoms with Gasteiger partial charge in [-0.05, 0) is 142 Å². The third kappa shape index (κ3) is 9.29. The van der Waals surface area contributed by atoms with Crippen molar-refractivity contribution in [2.24, 2.45) is 0 Å². The summed E-state index contributed by atoms with van der Waals surface area (Å²) in [6, 6.07) is 28.9. The zero-order valence-corrected chi connectivity index (χ0v) is 34.3. The van der Waals surface area contributed by atoms with Crippen molar-refractivity contribution in [2.45, 2.75) is 101 Å². The van der Waals surface area contributed by atoms with Gasteiger partial charge in [0, 0.05) is 52.3 Å². The van der Waals surface area contributed by atoms with Gasteiger partial charge in [0.15, 0.2) is 0 Å². The first-order valence-electron chi connectivity index (χ1n) is 18.4. The van der Waals surface area contributed by atoms with Crippen LogP contribution in [0.5, 0.6) is 0 Å². The molecule has 6 aromatic rings. The van der Waals surface area contributed by atoms with Gasteiger partial charge in [-0.2, -0.15) is 23.5 Å². The molecule has 50 heavy (non-hydrogen) atoms. The molecule has 0 nitrogen and oxygen atoms in total. The molecule has 1 aliphatic rings. The summed E-state index contributed by atoms with van der Waals surface area (Å²) in [7, 11) is 0. The molecule has 0 radical (unpaired) electrons. The van der Waals surface area contributed by atoms with E-state index in [9.17, 15) is 0 Å². The van der Waals surface area contributed by atoms with E-state index < -0.39 is 0 Å². The fourth-order valence-corrected chi connectivity index (χ4v) is 13.0. The lowest BCUT2D eigenvalue weighted by atomic mass is 10.1. The fourth-order valence-electron chi connectivity index (χ4n) is 6.93. The molecular formula is C44H48S6. The highest BCUT2D eigenvalue weighted by atomic mass is 32.2. The maximum Gasteiger partial charge on any atom is 0.0474 e. The van der Waals surface area contributed by atoms with E-state index in [0.717, 1.165) is 23.0 Å². The molecule has 0 amide bonds. The van der Waals surface area contributed by atoms with Gasteiger partial charge in [0.25, 0.3) is 0 Å². The predicted molar refractivity (Wildman–Crippen MR) is 232 cm³/mol. The molecule has 2 aromatic carbocycles. The van der Waals surface area contributed by atoms with E-state index in [4.69, 9.17) is 0 Å². The minimum atomic E-state index is 1.04. The highest BCUT2D eigenvalue weighted by Crippen LogP contribution is 2.42. The highest BCUT2D eigenvalue weighted by Gasteiger charge is 2.15. The van der Waals surface area contributed by atoms with E-state index in [2.05, 4.69) is 121 Å². The van der Waals surface area contributed by atoms with Gasteiger partial charge in [0.05, 0.1) is 0 Å². The van der Waals surface area contributed by atoms with Crippen molar-refractivity contribution in [3.63, 3.8) is 0 Å². The van der Waals surface area contributed by atoms with Gasteiger partial charge in [0.2, 0.25) is 0 Å². The molecule has 0 unspecified atom stereocenters. The largest absolute Gasteiger partial charge is 0.152 e. The Morgan fingerprint density at radius 1 is 0.440 bits per heavy atom. The monoisotopic (exact) mass is 768 g/mol. The Kier molecular flexibility index (Phi) is 13.2. The number of thiophene rings is 4. The number of rotatable bonds is 14. The smallest absolute Gasteiger partial charge is 0.0474 e. The van der Waals surface area contributed by atoms with Crippen LogP contribution in [0.2, 0.25) is 0 Å². The molecular weight excluding hydrogens is 721 g/mol. The van der Waals surface area contributed by atoms with Gasteiger partial charge >= 0.3 is 0 Å². The maximum atomic E-state index is 2.46. The van der Waals surface area contributed by atoms with Crippen LogP contribution < -0.4 is 0 Å². The fraction of sp³-hybridized carbons (Fsp3) is 0.364. The molecule has 0 atom stereocenters. The number of unbranched alkanes of at least 4 members (excludes halogenated alkanes) is 6. The second-order valence-electron chi connectivity index (χ2n) is 13.6. The lowest BCUT2D eigenvalue weighted by molar-refractivity contribution is 0.668. The van der Waals surface area contributed by atoms with Crippen LogP contribution in [0.25, 0.3) is 40.4 Å². The second kappa shape index (κ2) is 18.1. The molecule has 0 saturated carbocycles. The normalized spacial score (nSPS) is 13.3. The summed E-state index contributed by atoms with van der Waals surface area (Å²) in [5.74, 6) is 4.16. The molecule has 6 heteroatoms. The first-order valence-corrected chi connectivity index (χ1v) is 24.1. The molecule has 0 spiro atoms. The standard InChI is InChI=1S/C44H48S6/c1-3-5-7-9-11-35-17-19-47-43(35)41-15-13-39(49-41)37-23-31-21-32(24-37)28-46-30-34-22-33(29-45-27-31)25-38(26-34)40-14-16-42(50-40)44-36(18-20-48-44)12-10-8-6-4-2/h13-26H,3-12,27-30H2,1-2H3. The average Bonchev–Trinajstić information content (AvgIpc) is 3.95. The summed E-state index contributed by atoms with van der Waals surface area (Å²) >= 11 is 11.9. The van der Waals surface area contributed by atoms with Crippen molar-refractivity contribution in [1.82, 2.24) is 0 Å². The van der Waals surface area contributed by atoms with Gasteiger partial charge in [-0.15, -0.1) is 45.3 Å². The van der Waals surface area contributed by atoms with Gasteiger partial charge < -0.3 is 0 Å². The second-order valence-corrected chi connectivity index (χ2v) is 19.5. The Hall–Kier alpha value is -2.06. The van der Waals surface area contributed by atoms with Crippen molar-refractivity contribution in [1.29, 1.82) is 0 Å². The van der Waals surface area contributed by atoms with Gasteiger partial charge in [-0.25, -0.2) is 0 Å². The predicted octanol–water partition coefficient (Wildman–Crippen LogP) is 16.0. The number of fused-ring (bicyclic) bond motifs is 4. The van der Waals surface area contributed by atoms with Crippen LogP contribution in [0.1, 0.15) is 98.6 Å². The van der Waals surface area contributed by atoms with Crippen LogP contribution >= 0.6 is 68.9 Å². The number of hydrogen-bond acceptors (Lipinski definition) is 6. The van der Waals surface area contributed by atoms with E-state index in [1.807, 2.05) is 45.3 Å². The summed E-state index contributed by atoms with van der Waals surface area (Å²) in [6.45, 7) is 4.58. The number of thioether (sulfide) groups is 2. The summed E-state index contributed by atoms with van der Waals surface area (Å²) in [5.41, 5.74) is 11.6. The summed E-state index contributed by atoms with van der Waals surface area (Å²) in [6.07, 6.45) is 13.0. The first kappa shape index (κ1) is 36.3. The number of benzene rings is 2. The van der Waals surface area contributed by atoms with Crippen LogP contribution in [-0.4, -0.2) is 0 Å². The van der Waals surface area contributed by atoms with Crippen molar-refractivity contribution in [2.75, 3.05) is 0 Å². The lowest BCUT2D eigenvalue weighted by Crippen LogP contribution is -1.94. The summed E-state index contributed by atoms with van der Waals surface area (Å²) < 4.78 is 0. The Labute approximate surface area is 324 Å². The van der Waals surface area contributed by atoms with Gasteiger partial charge in [-0.3, -0.25) is 0 Å². The molecule has 260 valence electrons. The lowest BCUT2D eigenvalue weighted by Gasteiger charge is -2.13. The summed E-state index contributed by atoms with van der Waals surface area (Å²) in [4.78, 5) is 8.61. The molecule has 0 fully saturated rings. The maximum absolute atomic E-state index is 2.46. The SMILES string of the molecule is CCCCCCc1ccsc1-c1ccc(-c2cc3cc(c2)CSCc2cc(cc(-c4ccc(-c5sccc5CCCCCC)s4)c2)CSC3)s1. The van der Waals surface area contributed by atoms with Crippen molar-refractivity contribution < 1.29 is 0 Å². The van der Waals surface area contributed by atoms with E-state index in [1.165, 1.54) is 138 Å². The topological polar surface area (TPSA) is 0 Å². The van der Waals surface area contributed by atoms with E-state index >= 15 is 0 Å². The van der Waals surface area contributed by atoms with E-state index in [-0.39, 0.29) is 0 Å². The average molecular weight is 769 g/mol. The van der Waals surface area contributed by atoms with E-state index in [0.29, 0.717) is 0 Å². The van der Waals surface area contributed by atoms with Gasteiger partial charge in [0.1, 0.15) is 0 Å². The molecule has 0 aliphatic carbocycles. The summed E-state index contributed by atoms with van der Waals surface area (Å²) in [5, 5.41) is 4.57. The highest BCUT2D eigenvalue weighted by molar-refractivity contribution is 7.98. The molecule has 0 saturated heterocycles. The van der Waals surface area contributed by atoms with Crippen molar-refractivity contribution in [3.8, 4) is 40.4 Å². The molecule has 7 rings (SSSR count). The van der Waals surface area contributed by atoms with Crippen LogP contribution in [-0.2, 0) is 35.9 Å². The van der Waals surface area contributed by atoms with Crippen LogP contribution in [0.15, 0.2) is 83.6 Å². The molecule has 4 aromatic heterocycles. The third-order valence-corrected chi connectivity index (χ3v) is 16.2. The zero-order valence-electron chi connectivity index (χ0n) is 29.4. The van der Waals surface area contributed by atoms with Crippen LogP contribution in [0, 0.1) is 0 Å². The Bertz CT molecular complexity index is 1780. The first-order chi connectivity index (χ1) is 24.7. The third-order valence-electron chi connectivity index (χ3n) is 9.50. The Morgan fingerprint density at radius 2 is 0.840 bits per heavy atom. The van der Waals surface area contributed by atoms with Crippen molar-refractivity contribution in [3.05, 3.63) is 117 Å².